The van der Waals surface area contributed by atoms with Crippen LogP contribution < -0.4 is 10.6 Å². The lowest BCUT2D eigenvalue weighted by atomic mass is 9.93. The lowest BCUT2D eigenvalue weighted by molar-refractivity contribution is -0.118. The van der Waals surface area contributed by atoms with Gasteiger partial charge in [0.2, 0.25) is 5.91 Å². The van der Waals surface area contributed by atoms with Crippen molar-refractivity contribution in [3.63, 3.8) is 0 Å². The normalized spacial score (nSPS) is 29.3. The summed E-state index contributed by atoms with van der Waals surface area (Å²) in [5, 5.41) is 6.50. The number of benzene rings is 1. The minimum atomic E-state index is 0.00686. The zero-order chi connectivity index (χ0) is 13.4. The van der Waals surface area contributed by atoms with Crippen molar-refractivity contribution < 1.29 is 4.79 Å². The highest BCUT2D eigenvalue weighted by molar-refractivity contribution is 5.96. The van der Waals surface area contributed by atoms with Gasteiger partial charge < -0.3 is 10.6 Å². The fourth-order valence-electron chi connectivity index (χ4n) is 3.56. The Morgan fingerprint density at radius 1 is 1.32 bits per heavy atom. The van der Waals surface area contributed by atoms with Crippen LogP contribution >= 0.6 is 0 Å². The third-order valence-electron chi connectivity index (χ3n) is 4.68. The zero-order valence-corrected chi connectivity index (χ0v) is 11.7. The Labute approximate surface area is 114 Å². The summed E-state index contributed by atoms with van der Waals surface area (Å²) in [5.74, 6) is 1.41. The number of fused-ring (bicyclic) bond motifs is 1. The van der Waals surface area contributed by atoms with Crippen LogP contribution in [0.5, 0.6) is 0 Å². The van der Waals surface area contributed by atoms with E-state index in [1.165, 1.54) is 24.8 Å². The summed E-state index contributed by atoms with van der Waals surface area (Å²) < 4.78 is 0. The van der Waals surface area contributed by atoms with Crippen molar-refractivity contribution in [2.75, 3.05) is 11.9 Å². The molecular weight excluding hydrogens is 236 g/mol. The number of nitrogens with one attached hydrogen (secondary N) is 2. The van der Waals surface area contributed by atoms with Gasteiger partial charge in [0, 0.05) is 5.69 Å². The third kappa shape index (κ3) is 2.39. The first-order chi connectivity index (χ1) is 9.15. The molecule has 102 valence electrons. The minimum absolute atomic E-state index is 0.00686. The smallest absolute Gasteiger partial charge is 0.241 e. The number of anilines is 1. The van der Waals surface area contributed by atoms with Crippen molar-refractivity contribution in [2.24, 2.45) is 11.8 Å². The Kier molecular flexibility index (Phi) is 3.31. The van der Waals surface area contributed by atoms with Gasteiger partial charge in [-0.25, -0.2) is 0 Å². The Bertz CT molecular complexity index is 498. The average Bonchev–Trinajstić information content (AvgIpc) is 2.95. The maximum Gasteiger partial charge on any atom is 0.241 e. The predicted octanol–water partition coefficient (Wildman–Crippen LogP) is 2.63. The van der Waals surface area contributed by atoms with Gasteiger partial charge in [0.1, 0.15) is 0 Å². The van der Waals surface area contributed by atoms with Crippen LogP contribution in [0.2, 0.25) is 0 Å². The second-order valence-electron chi connectivity index (χ2n) is 6.05. The molecule has 1 aliphatic heterocycles. The Morgan fingerprint density at radius 2 is 2.16 bits per heavy atom. The van der Waals surface area contributed by atoms with Crippen LogP contribution in [0, 0.1) is 25.7 Å². The molecule has 3 atom stereocenters. The van der Waals surface area contributed by atoms with Gasteiger partial charge in [-0.1, -0.05) is 18.6 Å². The van der Waals surface area contributed by atoms with Crippen molar-refractivity contribution in [1.82, 2.24) is 5.32 Å². The third-order valence-corrected chi connectivity index (χ3v) is 4.68. The quantitative estimate of drug-likeness (QED) is 0.856. The van der Waals surface area contributed by atoms with Gasteiger partial charge in [0.15, 0.2) is 0 Å². The molecule has 0 radical (unpaired) electrons. The van der Waals surface area contributed by atoms with E-state index in [2.05, 4.69) is 29.7 Å². The molecular formula is C16H22N2O. The van der Waals surface area contributed by atoms with Crippen molar-refractivity contribution in [3.8, 4) is 0 Å². The van der Waals surface area contributed by atoms with E-state index >= 15 is 0 Å². The first-order valence-corrected chi connectivity index (χ1v) is 7.26. The highest BCUT2D eigenvalue weighted by atomic mass is 16.2. The number of aryl methyl sites for hydroxylation is 2. The maximum atomic E-state index is 12.4. The number of amides is 1. The highest BCUT2D eigenvalue weighted by Gasteiger charge is 2.42. The predicted molar refractivity (Wildman–Crippen MR) is 77.2 cm³/mol. The van der Waals surface area contributed by atoms with E-state index in [0.29, 0.717) is 11.8 Å². The summed E-state index contributed by atoms with van der Waals surface area (Å²) in [4.78, 5) is 12.4. The topological polar surface area (TPSA) is 41.1 Å². The molecule has 1 heterocycles. The summed E-state index contributed by atoms with van der Waals surface area (Å²) in [6, 6.07) is 6.19. The molecule has 3 unspecified atom stereocenters. The van der Waals surface area contributed by atoms with Crippen LogP contribution in [0.15, 0.2) is 18.2 Å². The summed E-state index contributed by atoms with van der Waals surface area (Å²) >= 11 is 0. The first kappa shape index (κ1) is 12.7. The standard InChI is InChI=1S/C16H22N2O/c1-10-6-7-11(2)14(8-10)18-16(19)15-13-5-3-4-12(13)9-17-15/h6-8,12-13,15,17H,3-5,9H2,1-2H3,(H,18,19). The van der Waals surface area contributed by atoms with Gasteiger partial charge in [-0.3, -0.25) is 4.79 Å². The second kappa shape index (κ2) is 4.97. The maximum absolute atomic E-state index is 12.4. The molecule has 1 saturated carbocycles. The Morgan fingerprint density at radius 3 is 3.00 bits per heavy atom. The number of carbonyl (C=O) groups excluding carboxylic acids is 1. The highest BCUT2D eigenvalue weighted by Crippen LogP contribution is 2.38. The minimum Gasteiger partial charge on any atom is -0.324 e. The van der Waals surface area contributed by atoms with Crippen LogP contribution in [0.4, 0.5) is 5.69 Å². The first-order valence-electron chi connectivity index (χ1n) is 7.26. The van der Waals surface area contributed by atoms with Crippen LogP contribution in [0.25, 0.3) is 0 Å². The average molecular weight is 258 g/mol. The zero-order valence-electron chi connectivity index (χ0n) is 11.7. The lowest BCUT2D eigenvalue weighted by Gasteiger charge is -2.18. The monoisotopic (exact) mass is 258 g/mol. The van der Waals surface area contributed by atoms with Crippen molar-refractivity contribution >= 4 is 11.6 Å². The molecule has 19 heavy (non-hydrogen) atoms. The van der Waals surface area contributed by atoms with Gasteiger partial charge in [-0.15, -0.1) is 0 Å². The fraction of sp³-hybridized carbons (Fsp3) is 0.562. The molecule has 0 aromatic heterocycles. The van der Waals surface area contributed by atoms with E-state index in [-0.39, 0.29) is 11.9 Å². The van der Waals surface area contributed by atoms with Gasteiger partial charge in [-0.05, 0) is 62.3 Å². The van der Waals surface area contributed by atoms with Crippen LogP contribution in [-0.4, -0.2) is 18.5 Å². The molecule has 1 aromatic rings. The van der Waals surface area contributed by atoms with Crippen molar-refractivity contribution in [3.05, 3.63) is 29.3 Å². The molecule has 0 bridgehead atoms. The molecule has 3 rings (SSSR count). The molecule has 3 heteroatoms. The summed E-state index contributed by atoms with van der Waals surface area (Å²) in [7, 11) is 0. The van der Waals surface area contributed by atoms with E-state index in [0.717, 1.165) is 17.8 Å². The number of rotatable bonds is 2. The van der Waals surface area contributed by atoms with Crippen molar-refractivity contribution in [2.45, 2.75) is 39.2 Å². The van der Waals surface area contributed by atoms with E-state index < -0.39 is 0 Å². The second-order valence-corrected chi connectivity index (χ2v) is 6.05. The molecule has 1 aliphatic carbocycles. The number of hydrogen-bond acceptors (Lipinski definition) is 2. The van der Waals surface area contributed by atoms with Gasteiger partial charge in [0.05, 0.1) is 6.04 Å². The molecule has 2 N–H and O–H groups in total. The molecule has 0 spiro atoms. The summed E-state index contributed by atoms with van der Waals surface area (Å²) in [6.07, 6.45) is 3.76. The summed E-state index contributed by atoms with van der Waals surface area (Å²) in [6.45, 7) is 5.10. The molecule has 2 aliphatic rings. The van der Waals surface area contributed by atoms with E-state index in [4.69, 9.17) is 0 Å². The van der Waals surface area contributed by atoms with Crippen LogP contribution in [0.1, 0.15) is 30.4 Å². The van der Waals surface area contributed by atoms with Gasteiger partial charge in [-0.2, -0.15) is 0 Å². The lowest BCUT2D eigenvalue weighted by Crippen LogP contribution is -2.39. The van der Waals surface area contributed by atoms with Gasteiger partial charge in [0.25, 0.3) is 0 Å². The SMILES string of the molecule is Cc1ccc(C)c(NC(=O)C2NCC3CCCC32)c1. The molecule has 2 fully saturated rings. The van der Waals surface area contributed by atoms with E-state index in [1.54, 1.807) is 0 Å². The molecule has 1 saturated heterocycles. The van der Waals surface area contributed by atoms with E-state index in [9.17, 15) is 4.79 Å². The molecule has 1 aromatic carbocycles. The summed E-state index contributed by atoms with van der Waals surface area (Å²) in [5.41, 5.74) is 3.26. The number of carbonyl (C=O) groups is 1. The molecule has 1 amide bonds. The van der Waals surface area contributed by atoms with Crippen LogP contribution in [-0.2, 0) is 4.79 Å². The Balaban J connectivity index is 1.73. The van der Waals surface area contributed by atoms with E-state index in [1.807, 2.05) is 13.0 Å². The van der Waals surface area contributed by atoms with Gasteiger partial charge >= 0.3 is 0 Å². The largest absolute Gasteiger partial charge is 0.324 e. The van der Waals surface area contributed by atoms with Crippen molar-refractivity contribution in [1.29, 1.82) is 0 Å². The fourth-order valence-corrected chi connectivity index (χ4v) is 3.56. The Hall–Kier alpha value is -1.35. The van der Waals surface area contributed by atoms with Crippen LogP contribution in [0.3, 0.4) is 0 Å². The number of hydrogen-bond donors (Lipinski definition) is 2. The molecule has 3 nitrogen and oxygen atoms in total.